The summed E-state index contributed by atoms with van der Waals surface area (Å²) in [5, 5.41) is 0. The molecule has 0 unspecified atom stereocenters. The van der Waals surface area contributed by atoms with Crippen LogP contribution >= 0.6 is 45.3 Å². The molecule has 262 valence electrons. The number of aldehydes is 1. The first-order valence-electron chi connectivity index (χ1n) is 18.9. The van der Waals surface area contributed by atoms with E-state index >= 15 is 0 Å². The summed E-state index contributed by atoms with van der Waals surface area (Å²) in [6.45, 7) is 8.09. The molecular formula is C41H56O3S4. The van der Waals surface area contributed by atoms with E-state index in [9.17, 15) is 4.79 Å². The van der Waals surface area contributed by atoms with Crippen molar-refractivity contribution in [3.8, 4) is 40.8 Å². The Labute approximate surface area is 306 Å². The van der Waals surface area contributed by atoms with Crippen LogP contribution in [0.5, 0.6) is 11.5 Å². The van der Waals surface area contributed by atoms with E-state index in [-0.39, 0.29) is 0 Å². The lowest BCUT2D eigenvalue weighted by atomic mass is 10.0. The van der Waals surface area contributed by atoms with Gasteiger partial charge in [-0.1, -0.05) is 104 Å². The molecule has 0 N–H and O–H groups in total. The molecule has 3 nitrogen and oxygen atoms in total. The summed E-state index contributed by atoms with van der Waals surface area (Å²) in [5.41, 5.74) is 2.81. The molecule has 4 aromatic rings. The molecule has 7 heteroatoms. The fourth-order valence-electron chi connectivity index (χ4n) is 6.66. The van der Waals surface area contributed by atoms with Crippen LogP contribution in [-0.4, -0.2) is 19.5 Å². The number of hydrogen-bond acceptors (Lipinski definition) is 7. The van der Waals surface area contributed by atoms with E-state index in [0.29, 0.717) is 13.2 Å². The van der Waals surface area contributed by atoms with Gasteiger partial charge in [0, 0.05) is 24.4 Å². The Kier molecular flexibility index (Phi) is 15.6. The zero-order chi connectivity index (χ0) is 33.6. The smallest absolute Gasteiger partial charge is 0.181 e. The highest BCUT2D eigenvalue weighted by molar-refractivity contribution is 7.29. The topological polar surface area (TPSA) is 35.5 Å². The molecule has 5 rings (SSSR count). The van der Waals surface area contributed by atoms with Gasteiger partial charge in [0.15, 0.2) is 17.8 Å². The maximum Gasteiger partial charge on any atom is 0.181 e. The number of carbonyl (C=O) groups is 1. The third kappa shape index (κ3) is 10.1. The average Bonchev–Trinajstić information content (AvgIpc) is 3.91. The normalized spacial score (nSPS) is 12.6. The summed E-state index contributed by atoms with van der Waals surface area (Å²) >= 11 is 7.40. The Morgan fingerprint density at radius 1 is 0.542 bits per heavy atom. The van der Waals surface area contributed by atoms with Gasteiger partial charge in [0.2, 0.25) is 0 Å². The minimum absolute atomic E-state index is 0.619. The van der Waals surface area contributed by atoms with E-state index in [4.69, 9.17) is 9.47 Å². The van der Waals surface area contributed by atoms with Crippen molar-refractivity contribution in [2.75, 3.05) is 13.2 Å². The Hall–Kier alpha value is -1.93. The Morgan fingerprint density at radius 3 is 1.69 bits per heavy atom. The number of thiophene rings is 4. The van der Waals surface area contributed by atoms with Gasteiger partial charge in [-0.25, -0.2) is 0 Å². The van der Waals surface area contributed by atoms with Crippen molar-refractivity contribution >= 4 is 51.6 Å². The molecule has 0 saturated carbocycles. The molecule has 0 atom stereocenters. The molecule has 0 amide bonds. The van der Waals surface area contributed by atoms with E-state index in [2.05, 4.69) is 45.0 Å². The molecule has 0 aromatic carbocycles. The Morgan fingerprint density at radius 2 is 1.06 bits per heavy atom. The second kappa shape index (κ2) is 20.1. The molecule has 48 heavy (non-hydrogen) atoms. The predicted octanol–water partition coefficient (Wildman–Crippen LogP) is 14.4. The minimum Gasteiger partial charge on any atom is -0.485 e. The standard InChI is InChI=1S/C41H56O3S4/c1-4-7-10-13-15-17-20-30-27-32(29-42)45-39(30)34-23-24-35(46-34)40-31(21-18-16-14-11-8-5-2)28-36(48-40)41-38-37(43-25-26-44-38)33(47-41)22-19-12-9-6-3/h23-24,27-29H,4-22,25-26H2,1-3H3. The highest BCUT2D eigenvalue weighted by atomic mass is 32.1. The number of carbonyl (C=O) groups excluding carboxylic acids is 1. The molecule has 0 saturated heterocycles. The average molecular weight is 725 g/mol. The van der Waals surface area contributed by atoms with Crippen LogP contribution in [0.4, 0.5) is 0 Å². The molecule has 0 aliphatic carbocycles. The van der Waals surface area contributed by atoms with Crippen molar-refractivity contribution in [1.29, 1.82) is 0 Å². The maximum absolute atomic E-state index is 11.8. The lowest BCUT2D eigenvalue weighted by molar-refractivity contribution is 0.112. The molecule has 1 aliphatic rings. The first kappa shape index (κ1) is 37.3. The van der Waals surface area contributed by atoms with Gasteiger partial charge in [-0.2, -0.15) is 0 Å². The van der Waals surface area contributed by atoms with Crippen molar-refractivity contribution < 1.29 is 14.3 Å². The molecule has 0 bridgehead atoms. The first-order chi connectivity index (χ1) is 23.7. The lowest BCUT2D eigenvalue weighted by Gasteiger charge is -2.17. The van der Waals surface area contributed by atoms with Crippen LogP contribution in [0.1, 0.15) is 149 Å². The number of fused-ring (bicyclic) bond motifs is 1. The highest BCUT2D eigenvalue weighted by Crippen LogP contribution is 2.54. The number of ether oxygens (including phenoxy) is 2. The monoisotopic (exact) mass is 724 g/mol. The fourth-order valence-corrected chi connectivity index (χ4v) is 11.5. The molecule has 0 radical (unpaired) electrons. The quantitative estimate of drug-likeness (QED) is 0.0564. The number of aryl methyl sites for hydroxylation is 3. The first-order valence-corrected chi connectivity index (χ1v) is 22.2. The van der Waals surface area contributed by atoms with E-state index in [1.807, 2.05) is 34.0 Å². The fraction of sp³-hybridized carbons (Fsp3) is 0.585. The van der Waals surface area contributed by atoms with Crippen molar-refractivity contribution in [2.45, 2.75) is 143 Å². The highest BCUT2D eigenvalue weighted by Gasteiger charge is 2.27. The number of rotatable bonds is 23. The van der Waals surface area contributed by atoms with Crippen molar-refractivity contribution in [3.05, 3.63) is 45.1 Å². The summed E-state index contributed by atoms with van der Waals surface area (Å²) in [5.74, 6) is 1.98. The lowest BCUT2D eigenvalue weighted by Crippen LogP contribution is -2.15. The van der Waals surface area contributed by atoms with E-state index in [1.54, 1.807) is 11.3 Å². The van der Waals surface area contributed by atoms with Gasteiger partial charge < -0.3 is 9.47 Å². The number of hydrogen-bond donors (Lipinski definition) is 0. The van der Waals surface area contributed by atoms with E-state index < -0.39 is 0 Å². The van der Waals surface area contributed by atoms with Crippen LogP contribution < -0.4 is 9.47 Å². The molecule has 0 fully saturated rings. The van der Waals surface area contributed by atoms with Gasteiger partial charge in [0.05, 0.1) is 14.6 Å². The van der Waals surface area contributed by atoms with Gasteiger partial charge in [0.25, 0.3) is 0 Å². The summed E-state index contributed by atoms with van der Waals surface area (Å²) in [4.78, 5) is 21.9. The van der Waals surface area contributed by atoms with E-state index in [0.717, 1.165) is 41.9 Å². The minimum atomic E-state index is 0.619. The van der Waals surface area contributed by atoms with Gasteiger partial charge in [-0.05, 0) is 73.9 Å². The van der Waals surface area contributed by atoms with Crippen LogP contribution in [0.3, 0.4) is 0 Å². The molecule has 1 aliphatic heterocycles. The van der Waals surface area contributed by atoms with Crippen LogP contribution in [0, 0.1) is 0 Å². The van der Waals surface area contributed by atoms with Crippen LogP contribution in [0.15, 0.2) is 24.3 Å². The van der Waals surface area contributed by atoms with E-state index in [1.165, 1.54) is 148 Å². The van der Waals surface area contributed by atoms with Crippen molar-refractivity contribution in [2.24, 2.45) is 0 Å². The SMILES string of the molecule is CCCCCCCCc1cc(C=O)sc1-c1ccc(-c2sc(-c3sc(CCCCCC)c4c3OCCO4)cc2CCCCCCCC)s1. The summed E-state index contributed by atoms with van der Waals surface area (Å²) in [7, 11) is 0. The van der Waals surface area contributed by atoms with Crippen molar-refractivity contribution in [3.63, 3.8) is 0 Å². The third-order valence-corrected chi connectivity index (χ3v) is 14.5. The van der Waals surface area contributed by atoms with Crippen molar-refractivity contribution in [1.82, 2.24) is 0 Å². The summed E-state index contributed by atoms with van der Waals surface area (Å²) in [6, 6.07) is 9.25. The number of unbranched alkanes of at least 4 members (excludes halogenated alkanes) is 13. The van der Waals surface area contributed by atoms with Gasteiger partial charge in [-0.3, -0.25) is 4.79 Å². The summed E-state index contributed by atoms with van der Waals surface area (Å²) in [6.07, 6.45) is 24.8. The zero-order valence-electron chi connectivity index (χ0n) is 29.6. The molecule has 4 aromatic heterocycles. The maximum atomic E-state index is 11.8. The molecule has 0 spiro atoms. The van der Waals surface area contributed by atoms with Gasteiger partial charge >= 0.3 is 0 Å². The van der Waals surface area contributed by atoms with Crippen LogP contribution in [0.25, 0.3) is 29.3 Å². The van der Waals surface area contributed by atoms with Crippen LogP contribution in [-0.2, 0) is 19.3 Å². The Balaban J connectivity index is 1.41. The van der Waals surface area contributed by atoms with Gasteiger partial charge in [-0.15, -0.1) is 45.3 Å². The predicted molar refractivity (Wildman–Crippen MR) is 213 cm³/mol. The van der Waals surface area contributed by atoms with Gasteiger partial charge in [0.1, 0.15) is 13.2 Å². The summed E-state index contributed by atoms with van der Waals surface area (Å²) < 4.78 is 12.6. The zero-order valence-corrected chi connectivity index (χ0v) is 32.9. The van der Waals surface area contributed by atoms with Crippen LogP contribution in [0.2, 0.25) is 0 Å². The second-order valence-corrected chi connectivity index (χ2v) is 17.6. The molecular weight excluding hydrogens is 669 g/mol. The molecule has 5 heterocycles. The second-order valence-electron chi connectivity index (χ2n) is 13.3. The third-order valence-electron chi connectivity index (χ3n) is 9.35. The largest absolute Gasteiger partial charge is 0.485 e. The Bertz CT molecular complexity index is 1540.